The van der Waals surface area contributed by atoms with Gasteiger partial charge >= 0.3 is 0 Å². The highest BCUT2D eigenvalue weighted by Gasteiger charge is 2.40. The number of nitrogens with zero attached hydrogens (tertiary/aromatic N) is 1. The summed E-state index contributed by atoms with van der Waals surface area (Å²) in [6, 6.07) is 12.8. The van der Waals surface area contributed by atoms with Crippen molar-refractivity contribution in [1.82, 2.24) is 10.2 Å². The molecule has 2 atom stereocenters. The maximum absolute atomic E-state index is 5.32. The monoisotopic (exact) mass is 312 g/mol. The van der Waals surface area contributed by atoms with Gasteiger partial charge in [-0.2, -0.15) is 0 Å². The average molecular weight is 312 g/mol. The second kappa shape index (κ2) is 6.76. The van der Waals surface area contributed by atoms with Crippen LogP contribution in [0, 0.1) is 5.92 Å². The summed E-state index contributed by atoms with van der Waals surface area (Å²) in [5.74, 6) is 0.744. The van der Waals surface area contributed by atoms with E-state index in [2.05, 4.69) is 53.5 Å². The molecule has 0 unspecified atom stereocenters. The molecule has 1 aliphatic carbocycles. The summed E-state index contributed by atoms with van der Waals surface area (Å²) in [7, 11) is 0. The summed E-state index contributed by atoms with van der Waals surface area (Å²) >= 11 is 0. The number of likely N-dealkylation sites (tertiary alicyclic amines) is 1. The molecule has 2 aliphatic heterocycles. The molecule has 1 saturated carbocycles. The van der Waals surface area contributed by atoms with Gasteiger partial charge in [0.15, 0.2) is 0 Å². The van der Waals surface area contributed by atoms with Crippen LogP contribution in [-0.2, 0) is 4.74 Å². The minimum Gasteiger partial charge on any atom is -0.378 e. The molecular formula is C20H28N2O. The molecule has 0 spiro atoms. The summed E-state index contributed by atoms with van der Waals surface area (Å²) < 4.78 is 5.32. The predicted molar refractivity (Wildman–Crippen MR) is 94.3 cm³/mol. The number of benzene rings is 1. The van der Waals surface area contributed by atoms with Crippen molar-refractivity contribution in [2.24, 2.45) is 5.92 Å². The molecule has 124 valence electrons. The van der Waals surface area contributed by atoms with Crippen molar-refractivity contribution in [2.45, 2.75) is 44.3 Å². The molecule has 0 radical (unpaired) electrons. The first-order valence-corrected chi connectivity index (χ1v) is 9.10. The molecule has 0 amide bonds. The van der Waals surface area contributed by atoms with Crippen LogP contribution in [0.2, 0.25) is 0 Å². The van der Waals surface area contributed by atoms with Crippen LogP contribution in [0.25, 0.3) is 6.08 Å². The minimum absolute atomic E-state index is 0.707. The van der Waals surface area contributed by atoms with Crippen LogP contribution in [0.4, 0.5) is 0 Å². The van der Waals surface area contributed by atoms with E-state index >= 15 is 0 Å². The van der Waals surface area contributed by atoms with E-state index in [-0.39, 0.29) is 0 Å². The number of ether oxygens (including phenoxy) is 1. The second-order valence-corrected chi connectivity index (χ2v) is 7.42. The summed E-state index contributed by atoms with van der Waals surface area (Å²) in [6.45, 7) is 6.67. The smallest absolute Gasteiger partial charge is 0.0645 e. The molecule has 1 N–H and O–H groups in total. The lowest BCUT2D eigenvalue weighted by Gasteiger charge is -2.41. The molecule has 3 heteroatoms. The van der Waals surface area contributed by atoms with E-state index in [1.165, 1.54) is 43.5 Å². The number of nitrogens with one attached hydrogen (secondary N) is 1. The molecule has 0 aromatic heterocycles. The van der Waals surface area contributed by atoms with E-state index in [1.54, 1.807) is 0 Å². The first-order chi connectivity index (χ1) is 11.3. The third-order valence-corrected chi connectivity index (χ3v) is 5.69. The SMILES string of the molecule is C/C(=C\c1ccccc1)[C@@H]1C[C@H]1NC1CCN(C2COC2)CC1. The Hall–Kier alpha value is -1.16. The van der Waals surface area contributed by atoms with Gasteiger partial charge < -0.3 is 10.1 Å². The van der Waals surface area contributed by atoms with Crippen molar-refractivity contribution in [3.8, 4) is 0 Å². The number of hydrogen-bond acceptors (Lipinski definition) is 3. The Morgan fingerprint density at radius 1 is 1.17 bits per heavy atom. The number of hydrogen-bond donors (Lipinski definition) is 1. The van der Waals surface area contributed by atoms with Gasteiger partial charge in [-0.15, -0.1) is 0 Å². The highest BCUT2D eigenvalue weighted by Crippen LogP contribution is 2.38. The highest BCUT2D eigenvalue weighted by atomic mass is 16.5. The third kappa shape index (κ3) is 3.68. The molecule has 4 rings (SSSR count). The molecule has 2 saturated heterocycles. The first-order valence-electron chi connectivity index (χ1n) is 9.10. The van der Waals surface area contributed by atoms with E-state index in [4.69, 9.17) is 4.74 Å². The maximum Gasteiger partial charge on any atom is 0.0645 e. The summed E-state index contributed by atoms with van der Waals surface area (Å²) in [4.78, 5) is 2.62. The quantitative estimate of drug-likeness (QED) is 0.905. The van der Waals surface area contributed by atoms with E-state index in [0.717, 1.165) is 19.1 Å². The highest BCUT2D eigenvalue weighted by molar-refractivity contribution is 5.53. The molecule has 1 aromatic rings. The fourth-order valence-corrected chi connectivity index (χ4v) is 3.97. The number of rotatable bonds is 5. The Kier molecular flexibility index (Phi) is 4.52. The lowest BCUT2D eigenvalue weighted by Crippen LogP contribution is -2.54. The predicted octanol–water partition coefficient (Wildman–Crippen LogP) is 2.93. The van der Waals surface area contributed by atoms with Crippen LogP contribution in [0.15, 0.2) is 35.9 Å². The fourth-order valence-electron chi connectivity index (χ4n) is 3.97. The van der Waals surface area contributed by atoms with Gasteiger partial charge in [0.05, 0.1) is 19.3 Å². The van der Waals surface area contributed by atoms with E-state index < -0.39 is 0 Å². The standard InChI is InChI=1S/C20H28N2O/c1-15(11-16-5-3-2-4-6-16)19-12-20(19)21-17-7-9-22(10-8-17)18-13-23-14-18/h2-6,11,17-21H,7-10,12-14H2,1H3/b15-11+/t19-,20+/m0/s1. The van der Waals surface area contributed by atoms with Gasteiger partial charge in [-0.3, -0.25) is 4.90 Å². The Morgan fingerprint density at radius 3 is 2.57 bits per heavy atom. The van der Waals surface area contributed by atoms with Crippen LogP contribution in [0.3, 0.4) is 0 Å². The van der Waals surface area contributed by atoms with Gasteiger partial charge in [0.1, 0.15) is 0 Å². The second-order valence-electron chi connectivity index (χ2n) is 7.42. The topological polar surface area (TPSA) is 24.5 Å². The fraction of sp³-hybridized carbons (Fsp3) is 0.600. The van der Waals surface area contributed by atoms with Crippen LogP contribution < -0.4 is 5.32 Å². The summed E-state index contributed by atoms with van der Waals surface area (Å²) in [6.07, 6.45) is 6.25. The molecule has 3 nitrogen and oxygen atoms in total. The van der Waals surface area contributed by atoms with Crippen LogP contribution >= 0.6 is 0 Å². The minimum atomic E-state index is 0.707. The lowest BCUT2D eigenvalue weighted by atomic mass is 10.0. The summed E-state index contributed by atoms with van der Waals surface area (Å²) in [5.41, 5.74) is 2.85. The van der Waals surface area contributed by atoms with Crippen molar-refractivity contribution in [1.29, 1.82) is 0 Å². The molecule has 0 bridgehead atoms. The van der Waals surface area contributed by atoms with Crippen molar-refractivity contribution in [3.05, 3.63) is 41.5 Å². The van der Waals surface area contributed by atoms with Gasteiger partial charge in [0, 0.05) is 25.2 Å². The largest absolute Gasteiger partial charge is 0.378 e. The average Bonchev–Trinajstić information content (AvgIpc) is 3.28. The first kappa shape index (κ1) is 15.4. The molecule has 3 aliphatic rings. The van der Waals surface area contributed by atoms with Gasteiger partial charge in [0.2, 0.25) is 0 Å². The molecule has 3 fully saturated rings. The van der Waals surface area contributed by atoms with E-state index in [9.17, 15) is 0 Å². The molecular weight excluding hydrogens is 284 g/mol. The Bertz CT molecular complexity index is 544. The summed E-state index contributed by atoms with van der Waals surface area (Å²) in [5, 5.41) is 3.91. The van der Waals surface area contributed by atoms with E-state index in [0.29, 0.717) is 18.1 Å². The normalized spacial score (nSPS) is 30.2. The lowest BCUT2D eigenvalue weighted by molar-refractivity contribution is -0.0719. The van der Waals surface area contributed by atoms with Crippen molar-refractivity contribution in [2.75, 3.05) is 26.3 Å². The molecule has 2 heterocycles. The Labute approximate surface area is 139 Å². The van der Waals surface area contributed by atoms with E-state index in [1.807, 2.05) is 0 Å². The van der Waals surface area contributed by atoms with Gasteiger partial charge in [-0.05, 0) is 37.7 Å². The van der Waals surface area contributed by atoms with Crippen molar-refractivity contribution in [3.63, 3.8) is 0 Å². The van der Waals surface area contributed by atoms with Gasteiger partial charge in [-0.25, -0.2) is 0 Å². The number of piperidine rings is 1. The van der Waals surface area contributed by atoms with Gasteiger partial charge in [0.25, 0.3) is 0 Å². The molecule has 1 aromatic carbocycles. The zero-order valence-corrected chi connectivity index (χ0v) is 14.1. The van der Waals surface area contributed by atoms with Crippen LogP contribution in [-0.4, -0.2) is 49.3 Å². The zero-order valence-electron chi connectivity index (χ0n) is 14.1. The van der Waals surface area contributed by atoms with Crippen molar-refractivity contribution < 1.29 is 4.74 Å². The van der Waals surface area contributed by atoms with Crippen LogP contribution in [0.5, 0.6) is 0 Å². The Balaban J connectivity index is 1.23. The van der Waals surface area contributed by atoms with Crippen molar-refractivity contribution >= 4 is 6.08 Å². The molecule has 23 heavy (non-hydrogen) atoms. The zero-order chi connectivity index (χ0) is 15.6. The Morgan fingerprint density at radius 2 is 1.91 bits per heavy atom. The van der Waals surface area contributed by atoms with Gasteiger partial charge in [-0.1, -0.05) is 42.0 Å². The maximum atomic E-state index is 5.32. The third-order valence-electron chi connectivity index (χ3n) is 5.69. The van der Waals surface area contributed by atoms with Crippen LogP contribution in [0.1, 0.15) is 31.7 Å².